The SMILES string of the molecule is CC(C)CN1CCN(Cc2nn(C)c3[nH]c(-c4c(F)cccc4F)c(O)c(=O)c23)CC1. The summed E-state index contributed by atoms with van der Waals surface area (Å²) in [6.07, 6.45) is 0. The summed E-state index contributed by atoms with van der Waals surface area (Å²) in [5.74, 6) is -1.84. The third-order valence-electron chi connectivity index (χ3n) is 5.72. The first kappa shape index (κ1) is 21.5. The first-order chi connectivity index (χ1) is 14.8. The van der Waals surface area contributed by atoms with Crippen LogP contribution in [-0.4, -0.2) is 62.4 Å². The molecular weight excluding hydrogens is 404 g/mol. The number of hydrogen-bond donors (Lipinski definition) is 2. The molecule has 1 aliphatic rings. The summed E-state index contributed by atoms with van der Waals surface area (Å²) in [5.41, 5.74) is -0.596. The van der Waals surface area contributed by atoms with E-state index in [9.17, 15) is 18.7 Å². The number of fused-ring (bicyclic) bond motifs is 1. The van der Waals surface area contributed by atoms with Gasteiger partial charge < -0.3 is 15.0 Å². The van der Waals surface area contributed by atoms with Gasteiger partial charge in [-0.25, -0.2) is 8.78 Å². The van der Waals surface area contributed by atoms with Gasteiger partial charge in [0.1, 0.15) is 17.3 Å². The zero-order valence-corrected chi connectivity index (χ0v) is 18.0. The van der Waals surface area contributed by atoms with Gasteiger partial charge >= 0.3 is 0 Å². The van der Waals surface area contributed by atoms with Gasteiger partial charge in [-0.15, -0.1) is 0 Å². The second-order valence-electron chi connectivity index (χ2n) is 8.54. The molecule has 0 atom stereocenters. The lowest BCUT2D eigenvalue weighted by Crippen LogP contribution is -2.47. The molecular formula is C22H27F2N5O2. The van der Waals surface area contributed by atoms with Crippen molar-refractivity contribution in [1.82, 2.24) is 24.6 Å². The quantitative estimate of drug-likeness (QED) is 0.650. The van der Waals surface area contributed by atoms with Crippen LogP contribution in [0.2, 0.25) is 0 Å². The van der Waals surface area contributed by atoms with Gasteiger partial charge in [-0.3, -0.25) is 14.4 Å². The van der Waals surface area contributed by atoms with E-state index >= 15 is 0 Å². The summed E-state index contributed by atoms with van der Waals surface area (Å²) < 4.78 is 30.0. The number of aromatic hydroxyl groups is 1. The summed E-state index contributed by atoms with van der Waals surface area (Å²) in [6.45, 7) is 9.52. The van der Waals surface area contributed by atoms with Crippen LogP contribution < -0.4 is 5.43 Å². The fraction of sp³-hybridized carbons (Fsp3) is 0.455. The van der Waals surface area contributed by atoms with E-state index in [2.05, 4.69) is 33.7 Å². The molecule has 0 spiro atoms. The van der Waals surface area contributed by atoms with Crippen LogP contribution in [0.5, 0.6) is 5.75 Å². The Morgan fingerprint density at radius 1 is 1.13 bits per heavy atom. The predicted octanol–water partition coefficient (Wildman–Crippen LogP) is 2.69. The molecule has 0 radical (unpaired) electrons. The molecule has 1 saturated heterocycles. The Labute approximate surface area is 178 Å². The molecule has 2 aromatic heterocycles. The average Bonchev–Trinajstić information content (AvgIpc) is 3.01. The molecule has 1 aromatic carbocycles. The monoisotopic (exact) mass is 431 g/mol. The molecule has 0 amide bonds. The van der Waals surface area contributed by atoms with Crippen LogP contribution in [0.15, 0.2) is 23.0 Å². The summed E-state index contributed by atoms with van der Waals surface area (Å²) >= 11 is 0. The molecule has 3 heterocycles. The maximum Gasteiger partial charge on any atom is 0.235 e. The van der Waals surface area contributed by atoms with Gasteiger partial charge in [0.25, 0.3) is 0 Å². The minimum absolute atomic E-state index is 0.241. The number of aromatic nitrogens is 3. The van der Waals surface area contributed by atoms with Gasteiger partial charge in [0.05, 0.1) is 22.3 Å². The number of nitrogens with one attached hydrogen (secondary N) is 1. The van der Waals surface area contributed by atoms with E-state index in [1.165, 1.54) is 10.7 Å². The van der Waals surface area contributed by atoms with Gasteiger partial charge in [-0.2, -0.15) is 5.10 Å². The van der Waals surface area contributed by atoms with E-state index in [0.717, 1.165) is 44.9 Å². The second-order valence-corrected chi connectivity index (χ2v) is 8.54. The minimum atomic E-state index is -0.869. The van der Waals surface area contributed by atoms with Crippen molar-refractivity contribution in [2.24, 2.45) is 13.0 Å². The highest BCUT2D eigenvalue weighted by Gasteiger charge is 2.25. The van der Waals surface area contributed by atoms with E-state index in [1.54, 1.807) is 7.05 Å². The lowest BCUT2D eigenvalue weighted by atomic mass is 10.1. The smallest absolute Gasteiger partial charge is 0.235 e. The number of halogens is 2. The maximum absolute atomic E-state index is 14.3. The third kappa shape index (κ3) is 4.07. The van der Waals surface area contributed by atoms with Crippen LogP contribution >= 0.6 is 0 Å². The normalized spacial score (nSPS) is 15.9. The Kier molecular flexibility index (Phi) is 5.81. The molecule has 31 heavy (non-hydrogen) atoms. The first-order valence-corrected chi connectivity index (χ1v) is 10.5. The number of nitrogens with zero attached hydrogens (tertiary/aromatic N) is 4. The van der Waals surface area contributed by atoms with Crippen LogP contribution in [0.4, 0.5) is 8.78 Å². The Morgan fingerprint density at radius 3 is 2.35 bits per heavy atom. The number of hydrogen-bond acceptors (Lipinski definition) is 5. The van der Waals surface area contributed by atoms with Crippen LogP contribution in [-0.2, 0) is 13.6 Å². The van der Waals surface area contributed by atoms with Crippen molar-refractivity contribution in [2.45, 2.75) is 20.4 Å². The first-order valence-electron chi connectivity index (χ1n) is 10.5. The van der Waals surface area contributed by atoms with Crippen LogP contribution in [0.3, 0.4) is 0 Å². The zero-order valence-electron chi connectivity index (χ0n) is 18.0. The van der Waals surface area contributed by atoms with Gasteiger partial charge in [0.2, 0.25) is 5.43 Å². The van der Waals surface area contributed by atoms with Crippen molar-refractivity contribution in [3.8, 4) is 17.0 Å². The Morgan fingerprint density at radius 2 is 1.74 bits per heavy atom. The zero-order chi connectivity index (χ0) is 22.3. The molecule has 0 aliphatic carbocycles. The third-order valence-corrected chi connectivity index (χ3v) is 5.72. The molecule has 166 valence electrons. The topological polar surface area (TPSA) is 77.4 Å². The van der Waals surface area contributed by atoms with E-state index in [1.807, 2.05) is 0 Å². The van der Waals surface area contributed by atoms with E-state index in [0.29, 0.717) is 23.8 Å². The molecule has 1 fully saturated rings. The van der Waals surface area contributed by atoms with Crippen molar-refractivity contribution in [3.63, 3.8) is 0 Å². The second kappa shape index (κ2) is 8.39. The van der Waals surface area contributed by atoms with Gasteiger partial charge in [0, 0.05) is 46.3 Å². The molecule has 2 N–H and O–H groups in total. The van der Waals surface area contributed by atoms with Crippen molar-refractivity contribution in [2.75, 3.05) is 32.7 Å². The highest BCUT2D eigenvalue weighted by molar-refractivity contribution is 5.84. The van der Waals surface area contributed by atoms with Gasteiger partial charge in [0.15, 0.2) is 5.75 Å². The van der Waals surface area contributed by atoms with E-state index in [-0.39, 0.29) is 11.1 Å². The van der Waals surface area contributed by atoms with Crippen LogP contribution in [0.25, 0.3) is 22.3 Å². The minimum Gasteiger partial charge on any atom is -0.503 e. The summed E-state index contributed by atoms with van der Waals surface area (Å²) in [7, 11) is 1.65. The molecule has 0 saturated carbocycles. The number of rotatable bonds is 5. The van der Waals surface area contributed by atoms with Crippen molar-refractivity contribution < 1.29 is 13.9 Å². The number of aryl methyl sites for hydroxylation is 1. The largest absolute Gasteiger partial charge is 0.503 e. The predicted molar refractivity (Wildman–Crippen MR) is 115 cm³/mol. The Hall–Kier alpha value is -2.78. The van der Waals surface area contributed by atoms with E-state index < -0.39 is 28.4 Å². The lowest BCUT2D eigenvalue weighted by Gasteiger charge is -2.35. The molecule has 0 unspecified atom stereocenters. The van der Waals surface area contributed by atoms with Crippen LogP contribution in [0, 0.1) is 17.6 Å². The van der Waals surface area contributed by atoms with Crippen molar-refractivity contribution in [3.05, 3.63) is 45.8 Å². The molecule has 7 nitrogen and oxygen atoms in total. The van der Waals surface area contributed by atoms with Crippen molar-refractivity contribution in [1.29, 1.82) is 0 Å². The molecule has 3 aromatic rings. The summed E-state index contributed by atoms with van der Waals surface area (Å²) in [6, 6.07) is 3.38. The number of aromatic amines is 1. The number of H-pyrrole nitrogens is 1. The number of benzene rings is 1. The molecule has 1 aliphatic heterocycles. The Balaban J connectivity index is 1.67. The van der Waals surface area contributed by atoms with Crippen LogP contribution in [0.1, 0.15) is 19.5 Å². The fourth-order valence-corrected chi connectivity index (χ4v) is 4.26. The van der Waals surface area contributed by atoms with Crippen molar-refractivity contribution >= 4 is 11.0 Å². The number of pyridine rings is 1. The standard InChI is InChI=1S/C22H27F2N5O2/c1-13(2)11-28-7-9-29(10-8-28)12-16-18-20(30)21(31)19(25-22(18)27(3)26-16)17-14(23)5-4-6-15(17)24/h4-6,13,31H,7-12H2,1-3H3,(H,25,30). The highest BCUT2D eigenvalue weighted by Crippen LogP contribution is 2.31. The Bertz CT molecular complexity index is 1140. The highest BCUT2D eigenvalue weighted by atomic mass is 19.1. The molecule has 9 heteroatoms. The average molecular weight is 431 g/mol. The summed E-state index contributed by atoms with van der Waals surface area (Å²) in [5, 5.41) is 15.2. The molecule has 4 rings (SSSR count). The fourth-order valence-electron chi connectivity index (χ4n) is 4.26. The summed E-state index contributed by atoms with van der Waals surface area (Å²) in [4.78, 5) is 20.5. The van der Waals surface area contributed by atoms with E-state index in [4.69, 9.17) is 0 Å². The maximum atomic E-state index is 14.3. The number of piperazine rings is 1. The van der Waals surface area contributed by atoms with Gasteiger partial charge in [-0.1, -0.05) is 19.9 Å². The lowest BCUT2D eigenvalue weighted by molar-refractivity contribution is 0.116. The van der Waals surface area contributed by atoms with Gasteiger partial charge in [-0.05, 0) is 18.1 Å². The molecule has 0 bridgehead atoms.